The number of hydroxylamine groups is 2. The van der Waals surface area contributed by atoms with Gasteiger partial charge in [-0.25, -0.2) is 28.9 Å². The molecule has 2 rings (SSSR count). The molecule has 2 heterocycles. The van der Waals surface area contributed by atoms with Gasteiger partial charge in [0.2, 0.25) is 12.0 Å². The van der Waals surface area contributed by atoms with Crippen molar-refractivity contribution < 1.29 is 43.5 Å². The third-order valence-corrected chi connectivity index (χ3v) is 5.64. The summed E-state index contributed by atoms with van der Waals surface area (Å²) in [5, 5.41) is 23.6. The van der Waals surface area contributed by atoms with Crippen LogP contribution in [0.15, 0.2) is 10.5 Å². The van der Waals surface area contributed by atoms with E-state index in [1.54, 1.807) is 13.8 Å². The van der Waals surface area contributed by atoms with Crippen LogP contribution in [0.2, 0.25) is 0 Å². The van der Waals surface area contributed by atoms with Crippen LogP contribution in [0.4, 0.5) is 9.52 Å². The van der Waals surface area contributed by atoms with E-state index in [-0.39, 0.29) is 23.0 Å². The Morgan fingerprint density at radius 2 is 2.13 bits per heavy atom. The van der Waals surface area contributed by atoms with E-state index in [0.717, 1.165) is 16.4 Å². The number of carbonyl (C=O) groups excluding carboxylic acids is 2. The number of ketones is 1. The molecule has 1 aromatic rings. The Labute approximate surface area is 183 Å². The number of rotatable bonds is 12. The zero-order valence-corrected chi connectivity index (χ0v) is 17.9. The summed E-state index contributed by atoms with van der Waals surface area (Å²) in [6.45, 7) is 2.29. The molecule has 0 saturated carbocycles. The van der Waals surface area contributed by atoms with E-state index in [0.29, 0.717) is 11.8 Å². The zero-order chi connectivity index (χ0) is 23.3. The van der Waals surface area contributed by atoms with Gasteiger partial charge in [0.1, 0.15) is 11.7 Å². The number of amides is 1. The lowest BCUT2D eigenvalue weighted by molar-refractivity contribution is -0.272. The van der Waals surface area contributed by atoms with Crippen LogP contribution < -0.4 is 5.73 Å². The number of thiazole rings is 1. The van der Waals surface area contributed by atoms with Crippen molar-refractivity contribution in [2.75, 3.05) is 18.3 Å². The molecule has 170 valence electrons. The highest BCUT2D eigenvalue weighted by Crippen LogP contribution is 2.41. The van der Waals surface area contributed by atoms with Gasteiger partial charge in [0.25, 0.3) is 5.91 Å². The number of aromatic nitrogens is 1. The van der Waals surface area contributed by atoms with Crippen LogP contribution in [0, 0.1) is 5.92 Å². The van der Waals surface area contributed by atoms with Crippen LogP contribution in [0.5, 0.6) is 0 Å². The van der Waals surface area contributed by atoms with E-state index in [1.807, 2.05) is 0 Å². The van der Waals surface area contributed by atoms with E-state index in [4.69, 9.17) is 20.8 Å². The second-order valence-corrected chi connectivity index (χ2v) is 8.56. The molecule has 1 saturated heterocycles. The van der Waals surface area contributed by atoms with Gasteiger partial charge in [-0.1, -0.05) is 16.9 Å². The first-order chi connectivity index (χ1) is 14.5. The van der Waals surface area contributed by atoms with Gasteiger partial charge < -0.3 is 20.8 Å². The van der Waals surface area contributed by atoms with Gasteiger partial charge in [0, 0.05) is 11.8 Å². The molecule has 1 aliphatic rings. The molecule has 12 nitrogen and oxygen atoms in total. The number of nitrogens with zero attached hydrogens (tertiary/aromatic N) is 3. The summed E-state index contributed by atoms with van der Waals surface area (Å²) in [5.74, 6) is -5.03. The number of anilines is 1. The molecule has 0 aromatic carbocycles. The fourth-order valence-electron chi connectivity index (χ4n) is 2.70. The largest absolute Gasteiger partial charge is 0.479 e. The van der Waals surface area contributed by atoms with Gasteiger partial charge in [0.15, 0.2) is 16.6 Å². The van der Waals surface area contributed by atoms with Gasteiger partial charge in [0.05, 0.1) is 11.5 Å². The van der Waals surface area contributed by atoms with E-state index in [9.17, 15) is 23.6 Å². The molecule has 1 aromatic heterocycles. The van der Waals surface area contributed by atoms with Crippen molar-refractivity contribution in [2.24, 2.45) is 11.1 Å². The number of Topliss-reactive ketones (excluding diaryl/α,β-unsaturated/α-hetero) is 1. The first kappa shape index (κ1) is 24.5. The molecule has 1 unspecified atom stereocenters. The third-order valence-electron chi connectivity index (χ3n) is 4.25. The number of alkyl halides is 1. The van der Waals surface area contributed by atoms with E-state index >= 15 is 0 Å². The van der Waals surface area contributed by atoms with Crippen LogP contribution in [0.1, 0.15) is 26.0 Å². The molecule has 15 heteroatoms. The van der Waals surface area contributed by atoms with E-state index in [2.05, 4.69) is 15.0 Å². The van der Waals surface area contributed by atoms with Crippen LogP contribution in [-0.2, 0) is 28.9 Å². The van der Waals surface area contributed by atoms with Crippen molar-refractivity contribution in [3.05, 3.63) is 11.1 Å². The minimum absolute atomic E-state index is 0.0564. The normalized spacial score (nSPS) is 18.9. The molecule has 1 fully saturated rings. The Bertz CT molecular complexity index is 906. The fraction of sp³-hybridized carbons (Fsp3) is 0.500. The average molecular weight is 478 g/mol. The van der Waals surface area contributed by atoms with E-state index in [1.165, 1.54) is 5.38 Å². The number of carbonyl (C=O) groups is 4. The average Bonchev–Trinajstić information content (AvgIpc) is 3.11. The second kappa shape index (κ2) is 10.0. The Balaban J connectivity index is 2.15. The number of hydrogen-bond donors (Lipinski definition) is 3. The maximum atomic E-state index is 12.8. The molecule has 31 heavy (non-hydrogen) atoms. The number of oxime groups is 1. The molecule has 0 bridgehead atoms. The Hall–Kier alpha value is -2.78. The number of carboxylic acid groups (broad SMARTS) is 2. The predicted molar refractivity (Wildman–Crippen MR) is 107 cm³/mol. The molecule has 0 radical (unpaired) electrons. The van der Waals surface area contributed by atoms with Gasteiger partial charge in [-0.05, 0) is 13.8 Å². The lowest BCUT2D eigenvalue weighted by atomic mass is 9.74. The number of β-lactam (4-membered cyclic amide) rings is 1. The summed E-state index contributed by atoms with van der Waals surface area (Å²) in [6.07, 6.45) is -0.369. The van der Waals surface area contributed by atoms with Crippen molar-refractivity contribution in [3.8, 4) is 0 Å². The van der Waals surface area contributed by atoms with Crippen molar-refractivity contribution >= 4 is 57.6 Å². The van der Waals surface area contributed by atoms with Gasteiger partial charge >= 0.3 is 11.9 Å². The topological polar surface area (TPSA) is 182 Å². The minimum atomic E-state index is -1.63. The second-order valence-electron chi connectivity index (χ2n) is 6.70. The lowest BCUT2D eigenvalue weighted by Gasteiger charge is -2.52. The van der Waals surface area contributed by atoms with Gasteiger partial charge in [-0.2, -0.15) is 0 Å². The van der Waals surface area contributed by atoms with Crippen molar-refractivity contribution in [1.29, 1.82) is 0 Å². The number of halogens is 1. The molecule has 4 N–H and O–H groups in total. The molecule has 1 aliphatic heterocycles. The first-order valence-corrected chi connectivity index (χ1v) is 10.5. The highest BCUT2D eigenvalue weighted by Gasteiger charge is 2.57. The van der Waals surface area contributed by atoms with Crippen LogP contribution in [-0.4, -0.2) is 73.2 Å². The highest BCUT2D eigenvalue weighted by molar-refractivity contribution is 8.00. The van der Waals surface area contributed by atoms with Crippen LogP contribution in [0.25, 0.3) is 0 Å². The summed E-state index contributed by atoms with van der Waals surface area (Å²) in [4.78, 5) is 60.8. The van der Waals surface area contributed by atoms with Gasteiger partial charge in [-0.15, -0.1) is 11.3 Å². The molecular weight excluding hydrogens is 459 g/mol. The fourth-order valence-corrected chi connectivity index (χ4v) is 3.65. The summed E-state index contributed by atoms with van der Waals surface area (Å²) in [7, 11) is 0. The number of aliphatic carboxylic acids is 2. The van der Waals surface area contributed by atoms with Gasteiger partial charge in [-0.3, -0.25) is 9.59 Å². The third kappa shape index (κ3) is 5.68. The number of nitrogen functional groups attached to an aromatic ring is 1. The SMILES string of the molecule is CC1(C)[C@H](CC(=O)/C(=N\OCC(=O)O)c2csc(N)n2)C(=O)N1OC(SCF)C(=O)O. The number of nitrogens with two attached hydrogens (primary N) is 1. The number of hydrogen-bond acceptors (Lipinski definition) is 11. The monoisotopic (exact) mass is 478 g/mol. The maximum Gasteiger partial charge on any atom is 0.346 e. The molecular formula is C16H19FN4O8S2. The summed E-state index contributed by atoms with van der Waals surface area (Å²) < 4.78 is 12.5. The summed E-state index contributed by atoms with van der Waals surface area (Å²) >= 11 is 1.37. The van der Waals surface area contributed by atoms with Crippen molar-refractivity contribution in [1.82, 2.24) is 10.0 Å². The molecule has 0 aliphatic carbocycles. The first-order valence-electron chi connectivity index (χ1n) is 8.56. The Morgan fingerprint density at radius 3 is 2.61 bits per heavy atom. The Kier molecular flexibility index (Phi) is 7.91. The maximum absolute atomic E-state index is 12.8. The number of carboxylic acids is 2. The molecule has 0 spiro atoms. The lowest BCUT2D eigenvalue weighted by Crippen LogP contribution is -2.68. The smallest absolute Gasteiger partial charge is 0.346 e. The van der Waals surface area contributed by atoms with Crippen molar-refractivity contribution in [2.45, 2.75) is 31.2 Å². The Morgan fingerprint density at radius 1 is 1.45 bits per heavy atom. The molecule has 1 amide bonds. The molecule has 2 atom stereocenters. The quantitative estimate of drug-likeness (QED) is 0.167. The predicted octanol–water partition coefficient (Wildman–Crippen LogP) is 0.729. The summed E-state index contributed by atoms with van der Waals surface area (Å²) in [6, 6.07) is -1.03. The highest BCUT2D eigenvalue weighted by atomic mass is 32.2. The van der Waals surface area contributed by atoms with Crippen LogP contribution in [0.3, 0.4) is 0 Å². The zero-order valence-electron chi connectivity index (χ0n) is 16.3. The van der Waals surface area contributed by atoms with Crippen molar-refractivity contribution in [3.63, 3.8) is 0 Å². The van der Waals surface area contributed by atoms with E-state index < -0.39 is 53.1 Å². The summed E-state index contributed by atoms with van der Waals surface area (Å²) in [5.41, 5.74) is 2.58. The number of thioether (sulfide) groups is 1. The minimum Gasteiger partial charge on any atom is -0.479 e. The van der Waals surface area contributed by atoms with Crippen LogP contribution >= 0.6 is 23.1 Å². The standard InChI is InChI=1S/C16H19FN4O8S2/c1-16(2)7(12(25)21(16)29-14(13(26)27)31-6-17)3-9(22)11(20-28-4-10(23)24)8-5-30-15(18)19-8/h5,7,14H,3-4,6H2,1-2H3,(H2,18,19)(H,23,24)(H,26,27)/b20-11-/t7-,14?/m1/s1.